The number of nitrogens with zero attached hydrogens (tertiary/aromatic N) is 1. The van der Waals surface area contributed by atoms with Gasteiger partial charge in [-0.25, -0.2) is 4.39 Å². The first kappa shape index (κ1) is 14.4. The van der Waals surface area contributed by atoms with Crippen LogP contribution in [-0.2, 0) is 6.42 Å². The van der Waals surface area contributed by atoms with Crippen molar-refractivity contribution in [3.63, 3.8) is 0 Å². The molecule has 0 saturated heterocycles. The minimum Gasteiger partial charge on any atom is -0.308 e. The minimum atomic E-state index is -0.366. The van der Waals surface area contributed by atoms with Crippen LogP contribution in [0, 0.1) is 5.82 Å². The Morgan fingerprint density at radius 2 is 1.73 bits per heavy atom. The third kappa shape index (κ3) is 2.64. The van der Waals surface area contributed by atoms with Crippen LogP contribution in [0.4, 0.5) is 10.1 Å². The van der Waals surface area contributed by atoms with Crippen LogP contribution < -0.4 is 4.90 Å². The lowest BCUT2D eigenvalue weighted by Gasteiger charge is -2.30. The first-order valence-electron chi connectivity index (χ1n) is 7.27. The topological polar surface area (TPSA) is 37.4 Å². The van der Waals surface area contributed by atoms with Crippen molar-refractivity contribution in [3.8, 4) is 0 Å². The van der Waals surface area contributed by atoms with E-state index in [1.165, 1.54) is 31.2 Å². The summed E-state index contributed by atoms with van der Waals surface area (Å²) in [5.41, 5.74) is 2.89. The van der Waals surface area contributed by atoms with Crippen molar-refractivity contribution in [2.45, 2.75) is 19.8 Å². The normalized spacial score (nSPS) is 13.6. The van der Waals surface area contributed by atoms with Crippen LogP contribution in [0.3, 0.4) is 0 Å². The van der Waals surface area contributed by atoms with Crippen molar-refractivity contribution >= 4 is 17.4 Å². The number of amides is 1. The lowest BCUT2D eigenvalue weighted by atomic mass is 9.97. The summed E-state index contributed by atoms with van der Waals surface area (Å²) in [7, 11) is 0. The van der Waals surface area contributed by atoms with Crippen LogP contribution in [0.25, 0.3) is 0 Å². The van der Waals surface area contributed by atoms with E-state index in [1.807, 2.05) is 6.07 Å². The Hall–Kier alpha value is -2.49. The fourth-order valence-corrected chi connectivity index (χ4v) is 2.75. The molecular weight excluding hydrogens is 281 g/mol. The number of anilines is 1. The van der Waals surface area contributed by atoms with Crippen molar-refractivity contribution < 1.29 is 14.0 Å². The van der Waals surface area contributed by atoms with Crippen molar-refractivity contribution in [3.05, 3.63) is 65.0 Å². The molecule has 0 N–H and O–H groups in total. The SMILES string of the molecule is CC(=O)c1ccc2c(c1)N(C(=O)c1ccc(F)cc1)CCC2. The maximum Gasteiger partial charge on any atom is 0.258 e. The Balaban J connectivity index is 1.99. The van der Waals surface area contributed by atoms with E-state index in [0.717, 1.165) is 24.1 Å². The van der Waals surface area contributed by atoms with Gasteiger partial charge in [-0.1, -0.05) is 12.1 Å². The summed E-state index contributed by atoms with van der Waals surface area (Å²) in [6.45, 7) is 2.11. The van der Waals surface area contributed by atoms with Gasteiger partial charge in [0.15, 0.2) is 5.78 Å². The molecule has 0 atom stereocenters. The molecule has 1 amide bonds. The zero-order valence-corrected chi connectivity index (χ0v) is 12.3. The average Bonchev–Trinajstić information content (AvgIpc) is 2.53. The molecule has 112 valence electrons. The second kappa shape index (κ2) is 5.72. The third-order valence-corrected chi connectivity index (χ3v) is 3.95. The molecule has 1 aliphatic heterocycles. The monoisotopic (exact) mass is 297 g/mol. The van der Waals surface area contributed by atoms with Crippen LogP contribution in [0.1, 0.15) is 39.6 Å². The fraction of sp³-hybridized carbons (Fsp3) is 0.222. The zero-order valence-electron chi connectivity index (χ0n) is 12.3. The van der Waals surface area contributed by atoms with Crippen LogP contribution in [0.2, 0.25) is 0 Å². The molecular formula is C18H16FNO2. The molecule has 0 saturated carbocycles. The van der Waals surface area contributed by atoms with Gasteiger partial charge in [-0.15, -0.1) is 0 Å². The van der Waals surface area contributed by atoms with E-state index in [0.29, 0.717) is 17.7 Å². The number of carbonyl (C=O) groups is 2. The van der Waals surface area contributed by atoms with Gasteiger partial charge < -0.3 is 4.90 Å². The Kier molecular flexibility index (Phi) is 3.75. The van der Waals surface area contributed by atoms with Crippen molar-refractivity contribution in [1.29, 1.82) is 0 Å². The number of hydrogen-bond acceptors (Lipinski definition) is 2. The van der Waals surface area contributed by atoms with E-state index in [-0.39, 0.29) is 17.5 Å². The predicted molar refractivity (Wildman–Crippen MR) is 82.8 cm³/mol. The summed E-state index contributed by atoms with van der Waals surface area (Å²) in [6.07, 6.45) is 1.76. The number of ketones is 1. The number of halogens is 1. The second-order valence-electron chi connectivity index (χ2n) is 5.47. The fourth-order valence-electron chi connectivity index (χ4n) is 2.75. The predicted octanol–water partition coefficient (Wildman–Crippen LogP) is 3.62. The van der Waals surface area contributed by atoms with Crippen LogP contribution in [0.15, 0.2) is 42.5 Å². The molecule has 22 heavy (non-hydrogen) atoms. The summed E-state index contributed by atoms with van der Waals surface area (Å²) in [4.78, 5) is 25.9. The number of Topliss-reactive ketones (excluding diaryl/α,β-unsaturated/α-hetero) is 1. The molecule has 0 spiro atoms. The summed E-state index contributed by atoms with van der Waals surface area (Å²) in [5.74, 6) is -0.557. The van der Waals surface area contributed by atoms with E-state index in [1.54, 1.807) is 17.0 Å². The molecule has 2 aromatic carbocycles. The van der Waals surface area contributed by atoms with Gasteiger partial charge in [-0.2, -0.15) is 0 Å². The Morgan fingerprint density at radius 1 is 1.05 bits per heavy atom. The number of hydrogen-bond donors (Lipinski definition) is 0. The van der Waals surface area contributed by atoms with Gasteiger partial charge in [0.25, 0.3) is 5.91 Å². The average molecular weight is 297 g/mol. The third-order valence-electron chi connectivity index (χ3n) is 3.95. The van der Waals surface area contributed by atoms with E-state index >= 15 is 0 Å². The van der Waals surface area contributed by atoms with Crippen molar-refractivity contribution in [2.75, 3.05) is 11.4 Å². The highest BCUT2D eigenvalue weighted by Gasteiger charge is 2.24. The molecule has 4 heteroatoms. The Labute approximate surface area is 128 Å². The van der Waals surface area contributed by atoms with E-state index in [9.17, 15) is 14.0 Å². The van der Waals surface area contributed by atoms with Gasteiger partial charge in [0, 0.05) is 23.4 Å². The summed E-state index contributed by atoms with van der Waals surface area (Å²) < 4.78 is 13.0. The highest BCUT2D eigenvalue weighted by Crippen LogP contribution is 2.29. The van der Waals surface area contributed by atoms with E-state index in [4.69, 9.17) is 0 Å². The van der Waals surface area contributed by atoms with Gasteiger partial charge in [0.05, 0.1) is 0 Å². The molecule has 3 nitrogen and oxygen atoms in total. The van der Waals surface area contributed by atoms with Gasteiger partial charge >= 0.3 is 0 Å². The second-order valence-corrected chi connectivity index (χ2v) is 5.47. The summed E-state index contributed by atoms with van der Waals surface area (Å²) >= 11 is 0. The maximum absolute atomic E-state index is 13.0. The first-order chi connectivity index (χ1) is 10.6. The molecule has 0 aromatic heterocycles. The van der Waals surface area contributed by atoms with E-state index < -0.39 is 0 Å². The first-order valence-corrected chi connectivity index (χ1v) is 7.27. The van der Waals surface area contributed by atoms with E-state index in [2.05, 4.69) is 0 Å². The molecule has 0 bridgehead atoms. The number of benzene rings is 2. The Morgan fingerprint density at radius 3 is 2.41 bits per heavy atom. The molecule has 0 radical (unpaired) electrons. The molecule has 1 heterocycles. The smallest absolute Gasteiger partial charge is 0.258 e. The number of fused-ring (bicyclic) bond motifs is 1. The van der Waals surface area contributed by atoms with Crippen molar-refractivity contribution in [1.82, 2.24) is 0 Å². The standard InChI is InChI=1S/C18H16FNO2/c1-12(21)15-5-4-13-3-2-10-20(17(13)11-15)18(22)14-6-8-16(19)9-7-14/h4-9,11H,2-3,10H2,1H3. The largest absolute Gasteiger partial charge is 0.308 e. The highest BCUT2D eigenvalue weighted by molar-refractivity contribution is 6.07. The van der Waals surface area contributed by atoms with Crippen LogP contribution in [0.5, 0.6) is 0 Å². The quantitative estimate of drug-likeness (QED) is 0.794. The number of aryl methyl sites for hydroxylation is 1. The lowest BCUT2D eigenvalue weighted by Crippen LogP contribution is -2.35. The number of rotatable bonds is 2. The molecule has 0 unspecified atom stereocenters. The minimum absolute atomic E-state index is 0.0254. The Bertz CT molecular complexity index is 737. The lowest BCUT2D eigenvalue weighted by molar-refractivity contribution is 0.0981. The molecule has 1 aliphatic rings. The van der Waals surface area contributed by atoms with Gasteiger partial charge in [-0.3, -0.25) is 9.59 Å². The molecule has 0 aliphatic carbocycles. The maximum atomic E-state index is 13.0. The van der Waals surface area contributed by atoms with Crippen molar-refractivity contribution in [2.24, 2.45) is 0 Å². The molecule has 3 rings (SSSR count). The van der Waals surface area contributed by atoms with Gasteiger partial charge in [0.1, 0.15) is 5.82 Å². The summed E-state index contributed by atoms with van der Waals surface area (Å²) in [5, 5.41) is 0. The molecule has 0 fully saturated rings. The number of carbonyl (C=O) groups excluding carboxylic acids is 2. The summed E-state index contributed by atoms with van der Waals surface area (Å²) in [6, 6.07) is 11.0. The van der Waals surface area contributed by atoms with Gasteiger partial charge in [-0.05, 0) is 55.7 Å². The van der Waals surface area contributed by atoms with Gasteiger partial charge in [0.2, 0.25) is 0 Å². The zero-order chi connectivity index (χ0) is 15.7. The van der Waals surface area contributed by atoms with Crippen LogP contribution >= 0.6 is 0 Å². The highest BCUT2D eigenvalue weighted by atomic mass is 19.1. The van der Waals surface area contributed by atoms with Crippen LogP contribution in [-0.4, -0.2) is 18.2 Å². The molecule has 2 aromatic rings.